The number of hydrogen-bond acceptors (Lipinski definition) is 2. The van der Waals surface area contributed by atoms with Crippen LogP contribution in [0.4, 0.5) is 0 Å². The average Bonchev–Trinajstić information content (AvgIpc) is 2.33. The Kier molecular flexibility index (Phi) is 11.7. The van der Waals surface area contributed by atoms with E-state index in [1.165, 1.54) is 38.6 Å². The molecule has 0 saturated carbocycles. The van der Waals surface area contributed by atoms with Gasteiger partial charge in [0.2, 0.25) is 0 Å². The largest absolute Gasteiger partial charge is 0.315 e. The van der Waals surface area contributed by atoms with Crippen LogP contribution in [0.25, 0.3) is 0 Å². The van der Waals surface area contributed by atoms with E-state index in [1.807, 2.05) is 0 Å². The fourth-order valence-electron chi connectivity index (χ4n) is 2.66. The predicted molar refractivity (Wildman–Crippen MR) is 87.8 cm³/mol. The second-order valence-corrected chi connectivity index (χ2v) is 6.53. The van der Waals surface area contributed by atoms with Crippen LogP contribution in [0.2, 0.25) is 0 Å². The Hall–Kier alpha value is -0.0800. The van der Waals surface area contributed by atoms with E-state index in [0.717, 1.165) is 19.0 Å². The van der Waals surface area contributed by atoms with Crippen LogP contribution in [-0.4, -0.2) is 36.6 Å². The first-order valence-electron chi connectivity index (χ1n) is 8.49. The van der Waals surface area contributed by atoms with Crippen LogP contribution in [0, 0.1) is 5.92 Å². The van der Waals surface area contributed by atoms with Crippen molar-refractivity contribution in [2.75, 3.05) is 19.6 Å². The molecule has 0 fully saturated rings. The maximum absolute atomic E-state index is 3.65. The van der Waals surface area contributed by atoms with Crippen molar-refractivity contribution >= 4 is 0 Å². The van der Waals surface area contributed by atoms with E-state index < -0.39 is 0 Å². The highest BCUT2D eigenvalue weighted by Crippen LogP contribution is 2.13. The number of unbranched alkanes of at least 4 members (excludes halogenated alkanes) is 2. The molecule has 0 heterocycles. The SMILES string of the molecule is CCCCCN(C(C)C)C(CCC)CNCC(C)C. The fourth-order valence-corrected chi connectivity index (χ4v) is 2.66. The highest BCUT2D eigenvalue weighted by molar-refractivity contribution is 4.77. The van der Waals surface area contributed by atoms with E-state index in [4.69, 9.17) is 0 Å². The van der Waals surface area contributed by atoms with Gasteiger partial charge in [0.05, 0.1) is 0 Å². The lowest BCUT2D eigenvalue weighted by Gasteiger charge is -2.35. The zero-order valence-corrected chi connectivity index (χ0v) is 14.3. The molecular weight excluding hydrogens is 232 g/mol. The molecule has 0 amide bonds. The summed E-state index contributed by atoms with van der Waals surface area (Å²) < 4.78 is 0. The van der Waals surface area contributed by atoms with Gasteiger partial charge in [0, 0.05) is 18.6 Å². The van der Waals surface area contributed by atoms with Crippen molar-refractivity contribution < 1.29 is 0 Å². The summed E-state index contributed by atoms with van der Waals surface area (Å²) in [5, 5.41) is 3.65. The minimum atomic E-state index is 0.661. The summed E-state index contributed by atoms with van der Waals surface area (Å²) in [5.74, 6) is 0.745. The molecule has 0 aliphatic heterocycles. The molecule has 0 spiro atoms. The van der Waals surface area contributed by atoms with Crippen molar-refractivity contribution in [1.29, 1.82) is 0 Å². The van der Waals surface area contributed by atoms with Crippen molar-refractivity contribution in [2.24, 2.45) is 5.92 Å². The third kappa shape index (κ3) is 9.45. The first-order chi connectivity index (χ1) is 9.02. The maximum Gasteiger partial charge on any atom is 0.0223 e. The molecule has 19 heavy (non-hydrogen) atoms. The van der Waals surface area contributed by atoms with Crippen molar-refractivity contribution in [1.82, 2.24) is 10.2 Å². The zero-order valence-electron chi connectivity index (χ0n) is 14.3. The average molecular weight is 271 g/mol. The molecule has 0 rings (SSSR count). The summed E-state index contributed by atoms with van der Waals surface area (Å²) in [7, 11) is 0. The number of nitrogens with zero attached hydrogens (tertiary/aromatic N) is 1. The van der Waals surface area contributed by atoms with Crippen LogP contribution in [0.5, 0.6) is 0 Å². The first kappa shape index (κ1) is 18.9. The molecule has 116 valence electrons. The second-order valence-electron chi connectivity index (χ2n) is 6.53. The highest BCUT2D eigenvalue weighted by atomic mass is 15.2. The minimum absolute atomic E-state index is 0.661. The topological polar surface area (TPSA) is 15.3 Å². The summed E-state index contributed by atoms with van der Waals surface area (Å²) >= 11 is 0. The standard InChI is InChI=1S/C17H38N2/c1-7-9-10-12-19(16(5)6)17(11-8-2)14-18-13-15(3)4/h15-18H,7-14H2,1-6H3. The van der Waals surface area contributed by atoms with Crippen molar-refractivity contribution in [2.45, 2.75) is 85.7 Å². The Balaban J connectivity index is 4.30. The molecule has 0 aliphatic carbocycles. The molecule has 1 N–H and O–H groups in total. The molecule has 1 unspecified atom stereocenters. The van der Waals surface area contributed by atoms with Crippen LogP contribution >= 0.6 is 0 Å². The van der Waals surface area contributed by atoms with Gasteiger partial charge < -0.3 is 5.32 Å². The van der Waals surface area contributed by atoms with Gasteiger partial charge in [-0.3, -0.25) is 4.90 Å². The Labute approximate surface area is 122 Å². The zero-order chi connectivity index (χ0) is 14.7. The molecular formula is C17H38N2. The summed E-state index contributed by atoms with van der Waals surface area (Å²) in [4.78, 5) is 2.71. The van der Waals surface area contributed by atoms with Gasteiger partial charge in [-0.25, -0.2) is 0 Å². The molecule has 2 heteroatoms. The number of hydrogen-bond donors (Lipinski definition) is 1. The normalized spacial score (nSPS) is 13.7. The van der Waals surface area contributed by atoms with E-state index in [9.17, 15) is 0 Å². The Bertz CT molecular complexity index is 190. The highest BCUT2D eigenvalue weighted by Gasteiger charge is 2.19. The van der Waals surface area contributed by atoms with E-state index in [-0.39, 0.29) is 0 Å². The van der Waals surface area contributed by atoms with E-state index >= 15 is 0 Å². The van der Waals surface area contributed by atoms with Gasteiger partial charge in [-0.15, -0.1) is 0 Å². The van der Waals surface area contributed by atoms with Crippen molar-refractivity contribution in [3.05, 3.63) is 0 Å². The van der Waals surface area contributed by atoms with Gasteiger partial charge in [-0.05, 0) is 45.7 Å². The lowest BCUT2D eigenvalue weighted by Crippen LogP contribution is -2.47. The molecule has 0 aromatic heterocycles. The molecule has 0 saturated heterocycles. The number of rotatable bonds is 12. The number of nitrogens with one attached hydrogen (secondary N) is 1. The van der Waals surface area contributed by atoms with Gasteiger partial charge in [0.25, 0.3) is 0 Å². The van der Waals surface area contributed by atoms with Gasteiger partial charge in [-0.2, -0.15) is 0 Å². The van der Waals surface area contributed by atoms with Crippen LogP contribution in [-0.2, 0) is 0 Å². The van der Waals surface area contributed by atoms with Crippen LogP contribution < -0.4 is 5.32 Å². The Morgan fingerprint density at radius 1 is 0.895 bits per heavy atom. The monoisotopic (exact) mass is 270 g/mol. The summed E-state index contributed by atoms with van der Waals surface area (Å²) in [6, 6.07) is 1.37. The van der Waals surface area contributed by atoms with E-state index in [0.29, 0.717) is 12.1 Å². The van der Waals surface area contributed by atoms with E-state index in [1.54, 1.807) is 0 Å². The molecule has 0 aromatic rings. The molecule has 0 radical (unpaired) electrons. The summed E-state index contributed by atoms with van der Waals surface area (Å²) in [6.07, 6.45) is 6.62. The Morgan fingerprint density at radius 2 is 1.58 bits per heavy atom. The Morgan fingerprint density at radius 3 is 2.05 bits per heavy atom. The third-order valence-electron chi connectivity index (χ3n) is 3.71. The lowest BCUT2D eigenvalue weighted by atomic mass is 10.1. The third-order valence-corrected chi connectivity index (χ3v) is 3.71. The smallest absolute Gasteiger partial charge is 0.0223 e. The van der Waals surface area contributed by atoms with Crippen LogP contribution in [0.15, 0.2) is 0 Å². The van der Waals surface area contributed by atoms with Crippen molar-refractivity contribution in [3.63, 3.8) is 0 Å². The predicted octanol–water partition coefficient (Wildman–Crippen LogP) is 4.30. The van der Waals surface area contributed by atoms with Crippen molar-refractivity contribution in [3.8, 4) is 0 Å². The lowest BCUT2D eigenvalue weighted by molar-refractivity contribution is 0.138. The second kappa shape index (κ2) is 11.7. The van der Waals surface area contributed by atoms with E-state index in [2.05, 4.69) is 51.8 Å². The quantitative estimate of drug-likeness (QED) is 0.532. The first-order valence-corrected chi connectivity index (χ1v) is 8.49. The van der Waals surface area contributed by atoms with Gasteiger partial charge in [0.15, 0.2) is 0 Å². The van der Waals surface area contributed by atoms with Crippen LogP contribution in [0.1, 0.15) is 73.6 Å². The summed E-state index contributed by atoms with van der Waals surface area (Å²) in [5.41, 5.74) is 0. The molecule has 0 aromatic carbocycles. The van der Waals surface area contributed by atoms with Gasteiger partial charge in [0.1, 0.15) is 0 Å². The molecule has 0 bridgehead atoms. The summed E-state index contributed by atoms with van der Waals surface area (Å²) in [6.45, 7) is 17.4. The van der Waals surface area contributed by atoms with Gasteiger partial charge >= 0.3 is 0 Å². The van der Waals surface area contributed by atoms with Crippen LogP contribution in [0.3, 0.4) is 0 Å². The fraction of sp³-hybridized carbons (Fsp3) is 1.00. The molecule has 2 nitrogen and oxygen atoms in total. The molecule has 1 atom stereocenters. The minimum Gasteiger partial charge on any atom is -0.315 e. The molecule has 0 aliphatic rings. The maximum atomic E-state index is 3.65. The van der Waals surface area contributed by atoms with Gasteiger partial charge in [-0.1, -0.05) is 47.0 Å².